The van der Waals surface area contributed by atoms with Gasteiger partial charge in [0.1, 0.15) is 13.1 Å². The minimum atomic E-state index is -0.137. The Morgan fingerprint density at radius 2 is 2.05 bits per heavy atom. The number of H-pyrrole nitrogens is 1. The van der Waals surface area contributed by atoms with Gasteiger partial charge in [-0.25, -0.2) is 4.59 Å². The molecule has 0 amide bonds. The molecule has 0 aliphatic carbocycles. The summed E-state index contributed by atoms with van der Waals surface area (Å²) in [7, 11) is 4.15. The van der Waals surface area contributed by atoms with Crippen LogP contribution in [0.15, 0.2) is 17.1 Å². The lowest BCUT2D eigenvalue weighted by Gasteiger charge is -2.35. The summed E-state index contributed by atoms with van der Waals surface area (Å²) in [5.41, 5.74) is -0.137. The summed E-state index contributed by atoms with van der Waals surface area (Å²) in [5.74, 6) is 0. The molecular formula is C14H27N4OS+. The van der Waals surface area contributed by atoms with Crippen molar-refractivity contribution in [2.45, 2.75) is 32.6 Å². The molecule has 1 aromatic heterocycles. The zero-order valence-electron chi connectivity index (χ0n) is 12.8. The summed E-state index contributed by atoms with van der Waals surface area (Å²) in [6.07, 6.45) is 6.46. The fourth-order valence-electron chi connectivity index (χ4n) is 2.42. The van der Waals surface area contributed by atoms with Gasteiger partial charge in [-0.05, 0) is 32.1 Å². The summed E-state index contributed by atoms with van der Waals surface area (Å²) in [5, 5.41) is 3.18. The molecule has 1 atom stereocenters. The molecule has 1 aromatic rings. The van der Waals surface area contributed by atoms with Crippen LogP contribution >= 0.6 is 12.2 Å². The Hall–Kier alpha value is -0.980. The van der Waals surface area contributed by atoms with E-state index in [4.69, 9.17) is 12.2 Å². The molecule has 0 aromatic carbocycles. The maximum atomic E-state index is 11.3. The summed E-state index contributed by atoms with van der Waals surface area (Å²) in [6, 6.07) is 1.55. The third kappa shape index (κ3) is 4.85. The number of hydrogen-bond acceptors (Lipinski definition) is 3. The first-order valence-electron chi connectivity index (χ1n) is 7.35. The van der Waals surface area contributed by atoms with Gasteiger partial charge in [0, 0.05) is 19.0 Å². The molecule has 0 spiro atoms. The molecule has 1 unspecified atom stereocenters. The Morgan fingerprint density at radius 3 is 2.65 bits per heavy atom. The van der Waals surface area contributed by atoms with Crippen LogP contribution in [0, 0.1) is 4.77 Å². The molecule has 0 radical (unpaired) electrons. The number of nitrogens with one attached hydrogen (secondary N) is 2. The van der Waals surface area contributed by atoms with Crippen molar-refractivity contribution in [2.75, 3.05) is 33.7 Å². The standard InChI is InChI=1S/C14H26N4OS/c1-4-5-6-11-18(3,12-7-9-15-2)17-10-8-13(19)16-14(17)20/h8,10,15H,4-7,9,11-12H2,1-3H3/p+1. The molecule has 114 valence electrons. The van der Waals surface area contributed by atoms with Gasteiger partial charge in [0.15, 0.2) is 0 Å². The second kappa shape index (κ2) is 8.34. The van der Waals surface area contributed by atoms with E-state index in [-0.39, 0.29) is 5.56 Å². The zero-order chi connectivity index (χ0) is 15.0. The highest BCUT2D eigenvalue weighted by atomic mass is 32.1. The molecule has 6 heteroatoms. The minimum Gasteiger partial charge on any atom is -0.320 e. The maximum absolute atomic E-state index is 11.3. The van der Waals surface area contributed by atoms with Gasteiger partial charge in [0.25, 0.3) is 5.56 Å². The molecule has 0 aliphatic rings. The van der Waals surface area contributed by atoms with Crippen molar-refractivity contribution in [1.29, 1.82) is 0 Å². The van der Waals surface area contributed by atoms with Gasteiger partial charge in [-0.2, -0.15) is 4.68 Å². The largest absolute Gasteiger partial charge is 0.320 e. The Bertz CT molecular complexity index is 498. The molecular weight excluding hydrogens is 272 g/mol. The monoisotopic (exact) mass is 299 g/mol. The number of aromatic amines is 1. The summed E-state index contributed by atoms with van der Waals surface area (Å²) >= 11 is 5.32. The fraction of sp³-hybridized carbons (Fsp3) is 0.714. The van der Waals surface area contributed by atoms with Crippen LogP contribution in [0.2, 0.25) is 0 Å². The van der Waals surface area contributed by atoms with Crippen molar-refractivity contribution in [2.24, 2.45) is 0 Å². The van der Waals surface area contributed by atoms with Gasteiger partial charge in [-0.15, -0.1) is 0 Å². The quantitative estimate of drug-likeness (QED) is 0.415. The first-order chi connectivity index (χ1) is 9.53. The van der Waals surface area contributed by atoms with Crippen molar-refractivity contribution in [3.8, 4) is 0 Å². The van der Waals surface area contributed by atoms with Crippen molar-refractivity contribution < 1.29 is 0 Å². The number of aromatic nitrogens is 2. The van der Waals surface area contributed by atoms with Crippen molar-refractivity contribution in [3.05, 3.63) is 27.4 Å². The van der Waals surface area contributed by atoms with Crippen LogP contribution in [-0.4, -0.2) is 43.4 Å². The number of hydrogen-bond donors (Lipinski definition) is 2. The van der Waals surface area contributed by atoms with E-state index in [1.54, 1.807) is 6.07 Å². The van der Waals surface area contributed by atoms with E-state index in [0.717, 1.165) is 37.1 Å². The Kier molecular flexibility index (Phi) is 7.12. The van der Waals surface area contributed by atoms with Crippen LogP contribution in [-0.2, 0) is 0 Å². The number of quaternary nitrogens is 1. The average Bonchev–Trinajstić information content (AvgIpc) is 2.39. The molecule has 0 saturated carbocycles. The average molecular weight is 299 g/mol. The van der Waals surface area contributed by atoms with E-state index in [9.17, 15) is 4.79 Å². The predicted octanol–water partition coefficient (Wildman–Crippen LogP) is 1.77. The molecule has 1 rings (SSSR count). The number of nitrogens with zero attached hydrogens (tertiary/aromatic N) is 2. The van der Waals surface area contributed by atoms with Crippen LogP contribution < -0.4 is 15.5 Å². The fourth-order valence-corrected chi connectivity index (χ4v) is 2.78. The SMILES string of the molecule is CCCCC[N+](C)(CCCNC)n1ccc(=O)[nH]c1=S. The van der Waals surface area contributed by atoms with Crippen LogP contribution in [0.1, 0.15) is 32.6 Å². The highest BCUT2D eigenvalue weighted by molar-refractivity contribution is 7.71. The lowest BCUT2D eigenvalue weighted by atomic mass is 10.2. The van der Waals surface area contributed by atoms with Crippen molar-refractivity contribution in [3.63, 3.8) is 0 Å². The molecule has 1 heterocycles. The smallest absolute Gasteiger partial charge is 0.251 e. The third-order valence-corrected chi connectivity index (χ3v) is 3.92. The molecule has 5 nitrogen and oxygen atoms in total. The molecule has 20 heavy (non-hydrogen) atoms. The van der Waals surface area contributed by atoms with Crippen molar-refractivity contribution in [1.82, 2.24) is 19.6 Å². The van der Waals surface area contributed by atoms with Gasteiger partial charge in [0.05, 0.1) is 13.2 Å². The van der Waals surface area contributed by atoms with Gasteiger partial charge in [0.2, 0.25) is 4.77 Å². The number of unbranched alkanes of at least 4 members (excludes halogenated alkanes) is 2. The van der Waals surface area contributed by atoms with Gasteiger partial charge in [-0.1, -0.05) is 13.3 Å². The van der Waals surface area contributed by atoms with E-state index in [1.165, 1.54) is 12.8 Å². The summed E-state index contributed by atoms with van der Waals surface area (Å²) in [4.78, 5) is 14.1. The maximum Gasteiger partial charge on any atom is 0.251 e. The molecule has 0 saturated heterocycles. The zero-order valence-corrected chi connectivity index (χ0v) is 13.6. The molecule has 0 fully saturated rings. The predicted molar refractivity (Wildman–Crippen MR) is 87.1 cm³/mol. The Labute approximate surface area is 126 Å². The molecule has 2 N–H and O–H groups in total. The van der Waals surface area contributed by atoms with Crippen molar-refractivity contribution >= 4 is 12.2 Å². The topological polar surface area (TPSA) is 49.8 Å². The summed E-state index contributed by atoms with van der Waals surface area (Å²) < 4.78 is 3.22. The first kappa shape index (κ1) is 17.1. The van der Waals surface area contributed by atoms with Gasteiger partial charge in [-0.3, -0.25) is 9.78 Å². The van der Waals surface area contributed by atoms with E-state index in [0.29, 0.717) is 4.77 Å². The summed E-state index contributed by atoms with van der Waals surface area (Å²) in [6.45, 7) is 5.21. The van der Waals surface area contributed by atoms with Gasteiger partial charge < -0.3 is 5.32 Å². The normalized spacial score (nSPS) is 14.2. The minimum absolute atomic E-state index is 0.137. The van der Waals surface area contributed by atoms with Gasteiger partial charge >= 0.3 is 0 Å². The highest BCUT2D eigenvalue weighted by Gasteiger charge is 2.23. The van der Waals surface area contributed by atoms with E-state index >= 15 is 0 Å². The van der Waals surface area contributed by atoms with E-state index < -0.39 is 0 Å². The molecule has 0 aliphatic heterocycles. The Balaban J connectivity index is 2.95. The number of rotatable bonds is 9. The van der Waals surface area contributed by atoms with Crippen LogP contribution in [0.25, 0.3) is 0 Å². The third-order valence-electron chi connectivity index (χ3n) is 3.64. The molecule has 0 bridgehead atoms. The Morgan fingerprint density at radius 1 is 1.35 bits per heavy atom. The first-order valence-corrected chi connectivity index (χ1v) is 7.76. The second-order valence-corrected chi connectivity index (χ2v) is 5.79. The lowest BCUT2D eigenvalue weighted by Crippen LogP contribution is -2.56. The van der Waals surface area contributed by atoms with Crippen LogP contribution in [0.4, 0.5) is 0 Å². The lowest BCUT2D eigenvalue weighted by molar-refractivity contribution is 0.147. The van der Waals surface area contributed by atoms with Crippen LogP contribution in [0.3, 0.4) is 0 Å². The van der Waals surface area contributed by atoms with Crippen LogP contribution in [0.5, 0.6) is 0 Å². The van der Waals surface area contributed by atoms with E-state index in [2.05, 4.69) is 24.3 Å². The second-order valence-electron chi connectivity index (χ2n) is 5.41. The highest BCUT2D eigenvalue weighted by Crippen LogP contribution is 2.08. The van der Waals surface area contributed by atoms with E-state index in [1.807, 2.05) is 17.9 Å².